The molecule has 2 aliphatic rings. The smallest absolute Gasteiger partial charge is 0.306 e. The van der Waals surface area contributed by atoms with Crippen molar-refractivity contribution < 1.29 is 69.0 Å². The highest BCUT2D eigenvalue weighted by atomic mass is 16.7. The summed E-state index contributed by atoms with van der Waals surface area (Å²) in [6.07, 6.45) is 33.8. The Morgan fingerprint density at radius 2 is 0.831 bits per heavy atom. The Kier molecular flexibility index (Phi) is 41.3. The zero-order valence-corrected chi connectivity index (χ0v) is 44.7. The van der Waals surface area contributed by atoms with Crippen LogP contribution in [0.2, 0.25) is 0 Å². The van der Waals surface area contributed by atoms with Crippen molar-refractivity contribution >= 4 is 5.97 Å². The van der Waals surface area contributed by atoms with E-state index in [1.54, 1.807) is 0 Å². The zero-order chi connectivity index (χ0) is 51.6. The standard InChI is InChI=1S/C57H106O14/c1-3-5-7-9-11-13-15-17-19-20-21-22-23-24-25-26-27-28-30-32-34-36-38-40-49(59)69-46(43-66-41-39-37-35-33-31-29-18-16-14-12-10-8-6-4-2)44-67-56-55(65)53(63)51(61)48(71-56)45-68-57-54(64)52(62)50(60)47(42-58)70-57/h14,16,20-21,46-48,50-58,60-65H,3-13,15,17-19,22-45H2,1-2H3/b16-14-,21-20-. The molecule has 0 amide bonds. The fourth-order valence-electron chi connectivity index (χ4n) is 9.22. The van der Waals surface area contributed by atoms with Crippen LogP contribution in [0.15, 0.2) is 24.3 Å². The fraction of sp³-hybridized carbons (Fsp3) is 0.912. The van der Waals surface area contributed by atoms with Gasteiger partial charge < -0.3 is 64.2 Å². The average Bonchev–Trinajstić information content (AvgIpc) is 3.37. The van der Waals surface area contributed by atoms with E-state index in [2.05, 4.69) is 38.2 Å². The topological polar surface area (TPSA) is 214 Å². The second kappa shape index (κ2) is 44.7. The summed E-state index contributed by atoms with van der Waals surface area (Å²) in [6.45, 7) is 3.69. The molecule has 0 aromatic rings. The maximum atomic E-state index is 13.1. The lowest BCUT2D eigenvalue weighted by Gasteiger charge is -2.42. The van der Waals surface area contributed by atoms with Gasteiger partial charge in [0, 0.05) is 13.0 Å². The lowest BCUT2D eigenvalue weighted by atomic mass is 9.98. The Hall–Kier alpha value is -1.53. The van der Waals surface area contributed by atoms with Crippen LogP contribution in [0, 0.1) is 0 Å². The molecule has 0 aromatic carbocycles. The molecule has 0 aliphatic carbocycles. The number of carbonyl (C=O) groups excluding carboxylic acids is 1. The molecule has 2 heterocycles. The number of aliphatic hydroxyl groups excluding tert-OH is 7. The highest BCUT2D eigenvalue weighted by molar-refractivity contribution is 5.69. The van der Waals surface area contributed by atoms with Crippen molar-refractivity contribution in [1.82, 2.24) is 0 Å². The number of esters is 1. The third-order valence-electron chi connectivity index (χ3n) is 13.9. The van der Waals surface area contributed by atoms with Crippen molar-refractivity contribution in [2.45, 2.75) is 300 Å². The third kappa shape index (κ3) is 31.8. The van der Waals surface area contributed by atoms with Gasteiger partial charge in [-0.25, -0.2) is 0 Å². The number of unbranched alkanes of at least 4 members (excludes halogenated alkanes) is 29. The highest BCUT2D eigenvalue weighted by Crippen LogP contribution is 2.27. The van der Waals surface area contributed by atoms with Gasteiger partial charge in [0.2, 0.25) is 0 Å². The second-order valence-electron chi connectivity index (χ2n) is 20.5. The molecule has 7 N–H and O–H groups in total. The first-order valence-electron chi connectivity index (χ1n) is 28.9. The van der Waals surface area contributed by atoms with Crippen LogP contribution in [-0.2, 0) is 33.2 Å². The Morgan fingerprint density at radius 3 is 1.30 bits per heavy atom. The molecular formula is C57H106O14. The largest absolute Gasteiger partial charge is 0.457 e. The minimum atomic E-state index is -1.71. The molecule has 0 radical (unpaired) electrons. The van der Waals surface area contributed by atoms with Gasteiger partial charge in [-0.2, -0.15) is 0 Å². The number of hydrogen-bond acceptors (Lipinski definition) is 14. The van der Waals surface area contributed by atoms with Gasteiger partial charge in [0.05, 0.1) is 26.4 Å². The van der Waals surface area contributed by atoms with Gasteiger partial charge in [-0.05, 0) is 64.2 Å². The first kappa shape index (κ1) is 65.6. The van der Waals surface area contributed by atoms with Crippen molar-refractivity contribution in [3.8, 4) is 0 Å². The SMILES string of the molecule is CCCCCC/C=C\CCCCCCCCOCC(COC1OC(COC2OC(CO)C(O)C(O)C2O)C(O)C(O)C1O)OC(=O)CCCCCCCCCCCCC/C=C\CCCCCCCCCC. The molecule has 11 atom stereocenters. The maximum Gasteiger partial charge on any atom is 0.306 e. The quantitative estimate of drug-likeness (QED) is 0.0172. The summed E-state index contributed by atoms with van der Waals surface area (Å²) in [5.41, 5.74) is 0. The monoisotopic (exact) mass is 1010 g/mol. The molecule has 0 aromatic heterocycles. The summed E-state index contributed by atoms with van der Waals surface area (Å²) >= 11 is 0. The van der Waals surface area contributed by atoms with Crippen LogP contribution in [0.1, 0.15) is 232 Å². The third-order valence-corrected chi connectivity index (χ3v) is 13.9. The number of aliphatic hydroxyl groups is 7. The van der Waals surface area contributed by atoms with Crippen molar-refractivity contribution in [3.05, 3.63) is 24.3 Å². The number of rotatable bonds is 47. The Balaban J connectivity index is 1.70. The lowest BCUT2D eigenvalue weighted by molar-refractivity contribution is -0.332. The summed E-state index contributed by atoms with van der Waals surface area (Å²) in [6, 6.07) is 0. The summed E-state index contributed by atoms with van der Waals surface area (Å²) in [5.74, 6) is -0.376. The van der Waals surface area contributed by atoms with Gasteiger partial charge >= 0.3 is 5.97 Å². The second-order valence-corrected chi connectivity index (χ2v) is 20.5. The number of ether oxygens (including phenoxy) is 6. The van der Waals surface area contributed by atoms with Crippen LogP contribution in [0.5, 0.6) is 0 Å². The highest BCUT2D eigenvalue weighted by Gasteiger charge is 2.47. The minimum absolute atomic E-state index is 0.0601. The molecule has 0 saturated carbocycles. The molecule has 71 heavy (non-hydrogen) atoms. The van der Waals surface area contributed by atoms with E-state index < -0.39 is 80.7 Å². The van der Waals surface area contributed by atoms with E-state index in [0.29, 0.717) is 13.0 Å². The average molecular weight is 1020 g/mol. The molecule has 2 rings (SSSR count). The van der Waals surface area contributed by atoms with E-state index in [4.69, 9.17) is 28.4 Å². The molecule has 14 nitrogen and oxygen atoms in total. The van der Waals surface area contributed by atoms with Crippen molar-refractivity contribution in [3.63, 3.8) is 0 Å². The lowest BCUT2D eigenvalue weighted by Crippen LogP contribution is -2.61. The molecule has 2 fully saturated rings. The van der Waals surface area contributed by atoms with E-state index in [0.717, 1.165) is 44.9 Å². The maximum absolute atomic E-state index is 13.1. The van der Waals surface area contributed by atoms with E-state index in [-0.39, 0.29) is 25.6 Å². The minimum Gasteiger partial charge on any atom is -0.457 e. The van der Waals surface area contributed by atoms with Crippen LogP contribution in [-0.4, -0.2) is 142 Å². The molecule has 0 bridgehead atoms. The van der Waals surface area contributed by atoms with E-state index >= 15 is 0 Å². The summed E-state index contributed by atoms with van der Waals surface area (Å²) in [7, 11) is 0. The molecule has 2 saturated heterocycles. The van der Waals surface area contributed by atoms with Crippen LogP contribution >= 0.6 is 0 Å². The van der Waals surface area contributed by atoms with Crippen LogP contribution in [0.3, 0.4) is 0 Å². The summed E-state index contributed by atoms with van der Waals surface area (Å²) in [5, 5.41) is 72.3. The van der Waals surface area contributed by atoms with Gasteiger partial charge in [-0.3, -0.25) is 4.79 Å². The van der Waals surface area contributed by atoms with Crippen LogP contribution in [0.25, 0.3) is 0 Å². The molecule has 0 spiro atoms. The summed E-state index contributed by atoms with van der Waals surface area (Å²) in [4.78, 5) is 13.1. The normalized spacial score (nSPS) is 25.4. The summed E-state index contributed by atoms with van der Waals surface area (Å²) < 4.78 is 34.4. The number of carbonyl (C=O) groups is 1. The molecule has 11 unspecified atom stereocenters. The first-order chi connectivity index (χ1) is 34.6. The Bertz CT molecular complexity index is 1270. The van der Waals surface area contributed by atoms with Crippen molar-refractivity contribution in [2.75, 3.05) is 33.0 Å². The number of allylic oxidation sites excluding steroid dienone is 4. The molecular weight excluding hydrogens is 909 g/mol. The van der Waals surface area contributed by atoms with Gasteiger partial charge in [0.1, 0.15) is 54.9 Å². The van der Waals surface area contributed by atoms with Gasteiger partial charge in [0.25, 0.3) is 0 Å². The van der Waals surface area contributed by atoms with Crippen molar-refractivity contribution in [2.24, 2.45) is 0 Å². The van der Waals surface area contributed by atoms with E-state index in [1.165, 1.54) is 161 Å². The van der Waals surface area contributed by atoms with E-state index in [9.17, 15) is 40.5 Å². The fourth-order valence-corrected chi connectivity index (χ4v) is 9.22. The Labute approximate surface area is 430 Å². The number of hydrogen-bond donors (Lipinski definition) is 7. The van der Waals surface area contributed by atoms with Crippen LogP contribution in [0.4, 0.5) is 0 Å². The van der Waals surface area contributed by atoms with Crippen LogP contribution < -0.4 is 0 Å². The van der Waals surface area contributed by atoms with Gasteiger partial charge in [0.15, 0.2) is 12.6 Å². The zero-order valence-electron chi connectivity index (χ0n) is 44.7. The van der Waals surface area contributed by atoms with Gasteiger partial charge in [-0.15, -0.1) is 0 Å². The van der Waals surface area contributed by atoms with E-state index in [1.807, 2.05) is 0 Å². The first-order valence-corrected chi connectivity index (χ1v) is 28.9. The van der Waals surface area contributed by atoms with Crippen molar-refractivity contribution in [1.29, 1.82) is 0 Å². The predicted molar refractivity (Wildman–Crippen MR) is 280 cm³/mol. The predicted octanol–water partition coefficient (Wildman–Crippen LogP) is 9.97. The molecule has 418 valence electrons. The Morgan fingerprint density at radius 1 is 0.451 bits per heavy atom. The van der Waals surface area contributed by atoms with Gasteiger partial charge in [-0.1, -0.05) is 186 Å². The molecule has 14 heteroatoms. The molecule has 2 aliphatic heterocycles.